The zero-order valence-electron chi connectivity index (χ0n) is 9.73. The van der Waals surface area contributed by atoms with Crippen molar-refractivity contribution in [2.45, 2.75) is 58.4 Å². The molecule has 0 aliphatic carbocycles. The molecule has 0 amide bonds. The van der Waals surface area contributed by atoms with Crippen LogP contribution in [0.5, 0.6) is 0 Å². The van der Waals surface area contributed by atoms with Crippen molar-refractivity contribution in [1.29, 1.82) is 0 Å². The Morgan fingerprint density at radius 1 is 1.07 bits per heavy atom. The molecule has 1 unspecified atom stereocenters. The van der Waals surface area contributed by atoms with Crippen LogP contribution in [0.3, 0.4) is 0 Å². The maximum absolute atomic E-state index is 5.58. The monoisotopic (exact) mass is 200 g/mol. The molecule has 0 aromatic carbocycles. The van der Waals surface area contributed by atoms with Crippen molar-refractivity contribution >= 4 is 0 Å². The maximum atomic E-state index is 5.58. The van der Waals surface area contributed by atoms with Gasteiger partial charge in [0.05, 0.1) is 0 Å². The first-order valence-corrected chi connectivity index (χ1v) is 5.93. The molecule has 1 aliphatic rings. The standard InChI is InChI=1S/C11H24N2O/c1-4-6-8-12-11(10(3)14-11)13-9-7-5-2/h10,12-13H,4-9H2,1-3H3. The quantitative estimate of drug-likeness (QED) is 0.356. The second kappa shape index (κ2) is 5.69. The number of epoxide rings is 1. The van der Waals surface area contributed by atoms with Crippen LogP contribution < -0.4 is 10.6 Å². The van der Waals surface area contributed by atoms with Crippen molar-refractivity contribution in [3.05, 3.63) is 0 Å². The van der Waals surface area contributed by atoms with Crippen LogP contribution in [0.2, 0.25) is 0 Å². The van der Waals surface area contributed by atoms with Gasteiger partial charge in [0.25, 0.3) is 0 Å². The van der Waals surface area contributed by atoms with Gasteiger partial charge in [-0.3, -0.25) is 10.6 Å². The van der Waals surface area contributed by atoms with E-state index in [4.69, 9.17) is 4.74 Å². The predicted molar refractivity (Wildman–Crippen MR) is 59.1 cm³/mol. The van der Waals surface area contributed by atoms with Crippen LogP contribution in [0.15, 0.2) is 0 Å². The van der Waals surface area contributed by atoms with Gasteiger partial charge in [0.15, 0.2) is 0 Å². The molecule has 0 spiro atoms. The Morgan fingerprint density at radius 2 is 1.50 bits per heavy atom. The summed E-state index contributed by atoms with van der Waals surface area (Å²) in [6.07, 6.45) is 5.20. The Morgan fingerprint density at radius 3 is 1.79 bits per heavy atom. The molecule has 2 N–H and O–H groups in total. The lowest BCUT2D eigenvalue weighted by Gasteiger charge is -2.16. The molecule has 0 bridgehead atoms. The minimum absolute atomic E-state index is 0.190. The first-order chi connectivity index (χ1) is 6.75. The smallest absolute Gasteiger partial charge is 0.202 e. The molecule has 1 aliphatic heterocycles. The molecule has 0 aromatic heterocycles. The van der Waals surface area contributed by atoms with E-state index in [9.17, 15) is 0 Å². The highest BCUT2D eigenvalue weighted by molar-refractivity contribution is 4.95. The molecular weight excluding hydrogens is 176 g/mol. The van der Waals surface area contributed by atoms with Gasteiger partial charge >= 0.3 is 0 Å². The molecule has 14 heavy (non-hydrogen) atoms. The summed E-state index contributed by atoms with van der Waals surface area (Å²) in [4.78, 5) is 0. The molecule has 0 radical (unpaired) electrons. The summed E-state index contributed by atoms with van der Waals surface area (Å²) in [5.41, 5.74) is 0. The zero-order valence-corrected chi connectivity index (χ0v) is 9.73. The van der Waals surface area contributed by atoms with E-state index in [-0.39, 0.29) is 5.85 Å². The topological polar surface area (TPSA) is 36.6 Å². The van der Waals surface area contributed by atoms with Gasteiger partial charge in [-0.05, 0) is 32.9 Å². The minimum atomic E-state index is -0.190. The molecule has 3 heteroatoms. The SMILES string of the molecule is CCCCNC1(NCCCC)OC1C. The van der Waals surface area contributed by atoms with E-state index < -0.39 is 0 Å². The summed E-state index contributed by atoms with van der Waals surface area (Å²) in [5, 5.41) is 6.89. The summed E-state index contributed by atoms with van der Waals surface area (Å²) >= 11 is 0. The first kappa shape index (κ1) is 12.0. The zero-order chi connectivity index (χ0) is 10.4. The molecule has 1 heterocycles. The number of ether oxygens (including phenoxy) is 1. The Hall–Kier alpha value is -0.120. The van der Waals surface area contributed by atoms with Crippen molar-refractivity contribution in [2.75, 3.05) is 13.1 Å². The van der Waals surface area contributed by atoms with Gasteiger partial charge in [0, 0.05) is 0 Å². The number of nitrogens with one attached hydrogen (secondary N) is 2. The van der Waals surface area contributed by atoms with Crippen LogP contribution in [0.25, 0.3) is 0 Å². The number of unbranched alkanes of at least 4 members (excludes halogenated alkanes) is 2. The van der Waals surface area contributed by atoms with Crippen LogP contribution in [0, 0.1) is 0 Å². The predicted octanol–water partition coefficient (Wildman–Crippen LogP) is 1.84. The summed E-state index contributed by atoms with van der Waals surface area (Å²) in [6, 6.07) is 0. The summed E-state index contributed by atoms with van der Waals surface area (Å²) in [7, 11) is 0. The fraction of sp³-hybridized carbons (Fsp3) is 1.00. The molecule has 84 valence electrons. The van der Waals surface area contributed by atoms with Crippen molar-refractivity contribution in [2.24, 2.45) is 0 Å². The lowest BCUT2D eigenvalue weighted by molar-refractivity contribution is 0.207. The lowest BCUT2D eigenvalue weighted by Crippen LogP contribution is -2.48. The minimum Gasteiger partial charge on any atom is -0.336 e. The van der Waals surface area contributed by atoms with Crippen LogP contribution >= 0.6 is 0 Å². The fourth-order valence-corrected chi connectivity index (χ4v) is 1.58. The fourth-order valence-electron chi connectivity index (χ4n) is 1.58. The van der Waals surface area contributed by atoms with Crippen LogP contribution in [0.4, 0.5) is 0 Å². The summed E-state index contributed by atoms with van der Waals surface area (Å²) in [6.45, 7) is 8.60. The third kappa shape index (κ3) is 3.23. The highest BCUT2D eigenvalue weighted by atomic mass is 16.6. The van der Waals surface area contributed by atoms with Crippen molar-refractivity contribution in [3.8, 4) is 0 Å². The third-order valence-electron chi connectivity index (χ3n) is 2.71. The molecule has 1 rings (SSSR count). The van der Waals surface area contributed by atoms with Gasteiger partial charge in [0.2, 0.25) is 5.85 Å². The average molecular weight is 200 g/mol. The lowest BCUT2D eigenvalue weighted by atomic mass is 10.3. The van der Waals surface area contributed by atoms with E-state index in [0.717, 1.165) is 13.1 Å². The Kier molecular flexibility index (Phi) is 4.85. The van der Waals surface area contributed by atoms with Gasteiger partial charge in [-0.15, -0.1) is 0 Å². The van der Waals surface area contributed by atoms with Crippen LogP contribution in [-0.2, 0) is 4.74 Å². The van der Waals surface area contributed by atoms with Crippen LogP contribution in [-0.4, -0.2) is 25.0 Å². The van der Waals surface area contributed by atoms with Gasteiger partial charge < -0.3 is 4.74 Å². The Bertz CT molecular complexity index is 151. The van der Waals surface area contributed by atoms with E-state index in [1.54, 1.807) is 0 Å². The second-order valence-electron chi connectivity index (χ2n) is 4.06. The van der Waals surface area contributed by atoms with E-state index in [0.29, 0.717) is 6.10 Å². The molecule has 3 nitrogen and oxygen atoms in total. The maximum Gasteiger partial charge on any atom is 0.202 e. The normalized spacial score (nSPS) is 23.8. The van der Waals surface area contributed by atoms with E-state index in [1.807, 2.05) is 0 Å². The average Bonchev–Trinajstić information content (AvgIpc) is 2.78. The Balaban J connectivity index is 2.15. The van der Waals surface area contributed by atoms with Crippen molar-refractivity contribution < 1.29 is 4.74 Å². The van der Waals surface area contributed by atoms with Gasteiger partial charge in [-0.2, -0.15) is 0 Å². The second-order valence-corrected chi connectivity index (χ2v) is 4.06. The first-order valence-electron chi connectivity index (χ1n) is 5.93. The highest BCUT2D eigenvalue weighted by Crippen LogP contribution is 2.30. The number of rotatable bonds is 8. The van der Waals surface area contributed by atoms with E-state index in [2.05, 4.69) is 31.4 Å². The summed E-state index contributed by atoms with van der Waals surface area (Å²) < 4.78 is 5.58. The van der Waals surface area contributed by atoms with E-state index in [1.165, 1.54) is 25.7 Å². The molecule has 1 fully saturated rings. The van der Waals surface area contributed by atoms with Crippen molar-refractivity contribution in [1.82, 2.24) is 10.6 Å². The number of hydrogen-bond donors (Lipinski definition) is 2. The van der Waals surface area contributed by atoms with Gasteiger partial charge in [-0.1, -0.05) is 26.7 Å². The molecule has 1 atom stereocenters. The Labute approximate surface area is 87.6 Å². The highest BCUT2D eigenvalue weighted by Gasteiger charge is 2.52. The van der Waals surface area contributed by atoms with Crippen molar-refractivity contribution in [3.63, 3.8) is 0 Å². The molecular formula is C11H24N2O. The molecule has 1 saturated heterocycles. The number of hydrogen-bond acceptors (Lipinski definition) is 3. The third-order valence-corrected chi connectivity index (χ3v) is 2.71. The van der Waals surface area contributed by atoms with Crippen LogP contribution in [0.1, 0.15) is 46.5 Å². The molecule has 0 aromatic rings. The van der Waals surface area contributed by atoms with Gasteiger partial charge in [0.1, 0.15) is 6.10 Å². The summed E-state index contributed by atoms with van der Waals surface area (Å²) in [5.74, 6) is -0.190. The largest absolute Gasteiger partial charge is 0.336 e. The molecule has 0 saturated carbocycles. The van der Waals surface area contributed by atoms with E-state index >= 15 is 0 Å². The van der Waals surface area contributed by atoms with Gasteiger partial charge in [-0.25, -0.2) is 0 Å².